The maximum atomic E-state index is 11.5. The maximum absolute atomic E-state index is 11.5. The molecule has 0 aliphatic carbocycles. The highest BCUT2D eigenvalue weighted by Gasteiger charge is 2.46. The van der Waals surface area contributed by atoms with Crippen molar-refractivity contribution in [2.75, 3.05) is 0 Å². The third-order valence-corrected chi connectivity index (χ3v) is 3.24. The van der Waals surface area contributed by atoms with Crippen LogP contribution in [0.1, 0.15) is 26.3 Å². The molecule has 0 saturated carbocycles. The van der Waals surface area contributed by atoms with Gasteiger partial charge in [-0.2, -0.15) is 0 Å². The normalized spacial score (nSPS) is 28.4. The van der Waals surface area contributed by atoms with Crippen LogP contribution in [0.4, 0.5) is 0 Å². The van der Waals surface area contributed by atoms with Crippen LogP contribution in [0.15, 0.2) is 35.5 Å². The van der Waals surface area contributed by atoms with E-state index in [2.05, 4.69) is 5.16 Å². The highest BCUT2D eigenvalue weighted by molar-refractivity contribution is 6.04. The summed E-state index contributed by atoms with van der Waals surface area (Å²) >= 11 is 0. The molecule has 1 aliphatic rings. The van der Waals surface area contributed by atoms with E-state index in [4.69, 9.17) is 4.84 Å². The number of Topliss-reactive ketones (excluding diaryl/α,β-unsaturated/α-hetero) is 1. The first-order valence-corrected chi connectivity index (χ1v) is 5.77. The van der Waals surface area contributed by atoms with Crippen molar-refractivity contribution < 1.29 is 14.8 Å². The minimum atomic E-state index is -1.42. The van der Waals surface area contributed by atoms with E-state index in [0.29, 0.717) is 5.71 Å². The van der Waals surface area contributed by atoms with E-state index in [-0.39, 0.29) is 5.78 Å². The average Bonchev–Trinajstić information content (AvgIpc) is 2.37. The number of hydroxylamine groups is 2. The van der Waals surface area contributed by atoms with Gasteiger partial charge in [0, 0.05) is 19.4 Å². The van der Waals surface area contributed by atoms with Gasteiger partial charge in [0.05, 0.1) is 6.04 Å². The van der Waals surface area contributed by atoms with Gasteiger partial charge in [-0.05, 0) is 6.92 Å². The van der Waals surface area contributed by atoms with Crippen LogP contribution in [0.2, 0.25) is 0 Å². The summed E-state index contributed by atoms with van der Waals surface area (Å²) in [7, 11) is 0. The molecule has 18 heavy (non-hydrogen) atoms. The summed E-state index contributed by atoms with van der Waals surface area (Å²) < 4.78 is 0. The van der Waals surface area contributed by atoms with Gasteiger partial charge in [0.2, 0.25) is 0 Å². The van der Waals surface area contributed by atoms with Crippen molar-refractivity contribution in [3.05, 3.63) is 35.9 Å². The molecule has 2 unspecified atom stereocenters. The lowest BCUT2D eigenvalue weighted by atomic mass is 10.0. The second-order valence-electron chi connectivity index (χ2n) is 4.49. The number of ketones is 1. The Bertz CT molecular complexity index is 486. The molecule has 0 spiro atoms. The minimum absolute atomic E-state index is 0.298. The number of nitrogens with zero attached hydrogens (tertiary/aromatic N) is 2. The summed E-state index contributed by atoms with van der Waals surface area (Å²) in [6.45, 7) is 4.63. The highest BCUT2D eigenvalue weighted by Crippen LogP contribution is 2.26. The van der Waals surface area contributed by atoms with Crippen LogP contribution >= 0.6 is 0 Å². The largest absolute Gasteiger partial charge is 0.363 e. The monoisotopic (exact) mass is 248 g/mol. The zero-order chi connectivity index (χ0) is 13.3. The number of carbonyl (C=O) groups is 1. The standard InChI is InChI=1S/C13H16N2O3/c1-9-12(11-7-5-4-6-8-11)14-18-13(3,10(2)16)15(9)17/h4-9,17H,1-3H3. The average molecular weight is 248 g/mol. The fraction of sp³-hybridized carbons (Fsp3) is 0.385. The third-order valence-electron chi connectivity index (χ3n) is 3.24. The van der Waals surface area contributed by atoms with Crippen molar-refractivity contribution in [1.29, 1.82) is 0 Å². The number of hydrogen-bond donors (Lipinski definition) is 1. The molecular formula is C13H16N2O3. The Balaban J connectivity index is 2.38. The molecule has 0 amide bonds. The molecule has 1 aromatic carbocycles. The van der Waals surface area contributed by atoms with Crippen LogP contribution in [0.3, 0.4) is 0 Å². The van der Waals surface area contributed by atoms with E-state index in [9.17, 15) is 10.0 Å². The van der Waals surface area contributed by atoms with Crippen molar-refractivity contribution in [3.8, 4) is 0 Å². The van der Waals surface area contributed by atoms with Gasteiger partial charge >= 0.3 is 0 Å². The first kappa shape index (κ1) is 12.7. The SMILES string of the molecule is CC(=O)C1(C)ON=C(c2ccccc2)C(C)N1O. The van der Waals surface area contributed by atoms with Crippen molar-refractivity contribution in [3.63, 3.8) is 0 Å². The van der Waals surface area contributed by atoms with Crippen molar-refractivity contribution in [1.82, 2.24) is 5.06 Å². The molecule has 1 aliphatic heterocycles. The molecule has 0 aromatic heterocycles. The Labute approximate surface area is 106 Å². The Morgan fingerprint density at radius 1 is 1.44 bits per heavy atom. The van der Waals surface area contributed by atoms with Crippen LogP contribution in [0, 0.1) is 0 Å². The van der Waals surface area contributed by atoms with Crippen molar-refractivity contribution in [2.45, 2.75) is 32.5 Å². The van der Waals surface area contributed by atoms with Crippen LogP contribution in [0.25, 0.3) is 0 Å². The van der Waals surface area contributed by atoms with E-state index < -0.39 is 11.8 Å². The molecule has 5 nitrogen and oxygen atoms in total. The van der Waals surface area contributed by atoms with Gasteiger partial charge in [-0.25, -0.2) is 0 Å². The number of hydrogen-bond acceptors (Lipinski definition) is 5. The van der Waals surface area contributed by atoms with E-state index in [1.165, 1.54) is 13.8 Å². The lowest BCUT2D eigenvalue weighted by Crippen LogP contribution is -2.59. The summed E-state index contributed by atoms with van der Waals surface area (Å²) in [5.74, 6) is -0.298. The first-order valence-electron chi connectivity index (χ1n) is 5.77. The first-order chi connectivity index (χ1) is 8.47. The Morgan fingerprint density at radius 2 is 2.06 bits per heavy atom. The van der Waals surface area contributed by atoms with Crippen molar-refractivity contribution >= 4 is 11.5 Å². The molecule has 2 rings (SSSR count). The van der Waals surface area contributed by atoms with E-state index >= 15 is 0 Å². The quantitative estimate of drug-likeness (QED) is 0.867. The Kier molecular flexibility index (Phi) is 3.19. The van der Waals surface area contributed by atoms with Gasteiger partial charge in [0.25, 0.3) is 5.72 Å². The molecular weight excluding hydrogens is 232 g/mol. The number of carbonyl (C=O) groups excluding carboxylic acids is 1. The minimum Gasteiger partial charge on any atom is -0.363 e. The second-order valence-corrected chi connectivity index (χ2v) is 4.49. The van der Waals surface area contributed by atoms with Crippen LogP contribution < -0.4 is 0 Å². The molecule has 0 radical (unpaired) electrons. The number of rotatable bonds is 2. The van der Waals surface area contributed by atoms with Crippen LogP contribution in [-0.4, -0.2) is 33.5 Å². The summed E-state index contributed by atoms with van der Waals surface area (Å²) in [6, 6.07) is 8.99. The third kappa shape index (κ3) is 1.91. The van der Waals surface area contributed by atoms with Gasteiger partial charge in [0.1, 0.15) is 5.71 Å². The molecule has 96 valence electrons. The second kappa shape index (κ2) is 4.51. The summed E-state index contributed by atoms with van der Waals surface area (Å²) in [5, 5.41) is 15.0. The van der Waals surface area contributed by atoms with Gasteiger partial charge in [0.15, 0.2) is 5.78 Å². The lowest BCUT2D eigenvalue weighted by Gasteiger charge is -2.39. The Morgan fingerprint density at radius 3 is 2.61 bits per heavy atom. The molecule has 0 fully saturated rings. The maximum Gasteiger partial charge on any atom is 0.268 e. The lowest BCUT2D eigenvalue weighted by molar-refractivity contribution is -0.277. The molecule has 1 aromatic rings. The molecule has 1 N–H and O–H groups in total. The Hall–Kier alpha value is -1.72. The topological polar surface area (TPSA) is 62.1 Å². The van der Waals surface area contributed by atoms with Crippen LogP contribution in [-0.2, 0) is 9.63 Å². The van der Waals surface area contributed by atoms with E-state index in [1.807, 2.05) is 30.3 Å². The highest BCUT2D eigenvalue weighted by atomic mass is 16.7. The smallest absolute Gasteiger partial charge is 0.268 e. The number of oxime groups is 1. The zero-order valence-corrected chi connectivity index (χ0v) is 10.6. The molecule has 1 heterocycles. The molecule has 2 atom stereocenters. The fourth-order valence-electron chi connectivity index (χ4n) is 1.87. The summed E-state index contributed by atoms with van der Waals surface area (Å²) in [6.07, 6.45) is 0. The van der Waals surface area contributed by atoms with E-state index in [0.717, 1.165) is 10.6 Å². The van der Waals surface area contributed by atoms with Gasteiger partial charge < -0.3 is 10.0 Å². The van der Waals surface area contributed by atoms with E-state index in [1.54, 1.807) is 6.92 Å². The van der Waals surface area contributed by atoms with Gasteiger partial charge in [-0.15, -0.1) is 5.06 Å². The predicted octanol–water partition coefficient (Wildman–Crippen LogP) is 1.81. The molecule has 0 saturated heterocycles. The zero-order valence-electron chi connectivity index (χ0n) is 10.6. The number of benzene rings is 1. The van der Waals surface area contributed by atoms with Gasteiger partial charge in [-0.1, -0.05) is 35.5 Å². The predicted molar refractivity (Wildman–Crippen MR) is 66.2 cm³/mol. The molecule has 5 heteroatoms. The van der Waals surface area contributed by atoms with Crippen LogP contribution in [0.5, 0.6) is 0 Å². The van der Waals surface area contributed by atoms with Crippen molar-refractivity contribution in [2.24, 2.45) is 5.16 Å². The van der Waals surface area contributed by atoms with Gasteiger partial charge in [-0.3, -0.25) is 4.79 Å². The summed E-state index contributed by atoms with van der Waals surface area (Å²) in [4.78, 5) is 16.7. The summed E-state index contributed by atoms with van der Waals surface area (Å²) in [5.41, 5.74) is 0.0315. The molecule has 0 bridgehead atoms. The fourth-order valence-corrected chi connectivity index (χ4v) is 1.87.